The molecule has 0 bridgehead atoms. The van der Waals surface area contributed by atoms with Crippen LogP contribution in [0.25, 0.3) is 0 Å². The summed E-state index contributed by atoms with van der Waals surface area (Å²) >= 11 is 0. The summed E-state index contributed by atoms with van der Waals surface area (Å²) in [5, 5.41) is 58.4. The molecule has 2 saturated heterocycles. The zero-order chi connectivity index (χ0) is 27.0. The monoisotopic (exact) mass is 616 g/mol. The van der Waals surface area contributed by atoms with Gasteiger partial charge < -0.3 is 54.4 Å². The van der Waals surface area contributed by atoms with Gasteiger partial charge in [0.15, 0.2) is 12.5 Å². The molecule has 0 amide bonds. The minimum atomic E-state index is -5.90. The van der Waals surface area contributed by atoms with Gasteiger partial charge in [0.1, 0.15) is 42.7 Å². The molecule has 2 aliphatic rings. The molecule has 0 saturated carbocycles. The van der Waals surface area contributed by atoms with Crippen molar-refractivity contribution < 1.29 is 132 Å². The largest absolute Gasteiger partial charge is 1.00 e. The summed E-state index contributed by atoms with van der Waals surface area (Å²) in [7, 11) is -11.7. The zero-order valence-corrected chi connectivity index (χ0v) is 25.6. The number of H-pyrrole nitrogens is 1. The van der Waals surface area contributed by atoms with Crippen LogP contribution in [0.2, 0.25) is 0 Å². The molecule has 1 aromatic heterocycles. The van der Waals surface area contributed by atoms with E-state index < -0.39 is 95.4 Å². The Morgan fingerprint density at radius 2 is 1.53 bits per heavy atom. The molecule has 23 heteroatoms. The normalized spacial score (nSPS) is 36.4. The number of aromatic nitrogens is 2. The van der Waals surface area contributed by atoms with Crippen molar-refractivity contribution in [1.29, 1.82) is 0 Å². The van der Waals surface area contributed by atoms with E-state index in [9.17, 15) is 54.0 Å². The average Bonchev–Trinajstić information content (AvgIpc) is 3.06. The number of aromatic amines is 1. The number of phosphoric acid groups is 2. The molecule has 2 fully saturated rings. The number of ether oxygens (including phenoxy) is 2. The SMILES string of the molecule is O=c1ccn([C@@H]2O[C@H](COP(=O)([O-])OP(=O)([O-])O[13C@H]3O[13C@H]([13CH2]O)[13C@H](O)[13C@H](O)[13C@H]3O)[C@@H](O)[C@H]2O)c(=O)[nH]1.[Na+].[Na+]. The smallest absolute Gasteiger partial charge is 0.756 e. The maximum absolute atomic E-state index is 12.0. The van der Waals surface area contributed by atoms with Gasteiger partial charge in [0.05, 0.1) is 13.2 Å². The molecule has 0 radical (unpaired) electrons. The van der Waals surface area contributed by atoms with Crippen LogP contribution in [0.5, 0.6) is 0 Å². The van der Waals surface area contributed by atoms with E-state index >= 15 is 0 Å². The Kier molecular flexibility index (Phi) is 14.2. The summed E-state index contributed by atoms with van der Waals surface area (Å²) in [6.45, 7) is -2.05. The maximum atomic E-state index is 12.0. The number of nitrogens with zero attached hydrogens (tertiary/aromatic N) is 1. The van der Waals surface area contributed by atoms with Crippen molar-refractivity contribution in [2.75, 3.05) is 13.2 Å². The first kappa shape index (κ1) is 36.6. The summed E-state index contributed by atoms with van der Waals surface area (Å²) in [5.41, 5.74) is -1.78. The predicted octanol–water partition coefficient (Wildman–Crippen LogP) is -12.0. The van der Waals surface area contributed by atoms with Crippen LogP contribution in [0.1, 0.15) is 6.23 Å². The second kappa shape index (κ2) is 14.7. The third-order valence-electron chi connectivity index (χ3n) is 5.14. The van der Waals surface area contributed by atoms with Crippen LogP contribution in [0, 0.1) is 0 Å². The Balaban J connectivity index is 0.00000361. The van der Waals surface area contributed by atoms with Crippen molar-refractivity contribution in [3.63, 3.8) is 0 Å². The van der Waals surface area contributed by atoms with Gasteiger partial charge in [0, 0.05) is 12.3 Å². The van der Waals surface area contributed by atoms with E-state index in [-0.39, 0.29) is 59.1 Å². The molecular weight excluding hydrogens is 594 g/mol. The van der Waals surface area contributed by atoms with E-state index in [0.29, 0.717) is 4.57 Å². The van der Waals surface area contributed by atoms with E-state index in [0.717, 1.165) is 12.3 Å². The van der Waals surface area contributed by atoms with Crippen LogP contribution in [0.4, 0.5) is 0 Å². The van der Waals surface area contributed by atoms with Gasteiger partial charge in [-0.3, -0.25) is 28.0 Å². The van der Waals surface area contributed by atoms with Crippen molar-refractivity contribution in [3.05, 3.63) is 33.1 Å². The minimum Gasteiger partial charge on any atom is -0.756 e. The van der Waals surface area contributed by atoms with Gasteiger partial charge in [-0.15, -0.1) is 0 Å². The van der Waals surface area contributed by atoms with Crippen molar-refractivity contribution in [1.82, 2.24) is 9.55 Å². The predicted molar refractivity (Wildman–Crippen MR) is 104 cm³/mol. The van der Waals surface area contributed by atoms with Crippen molar-refractivity contribution in [2.24, 2.45) is 0 Å². The van der Waals surface area contributed by atoms with Gasteiger partial charge in [-0.25, -0.2) is 9.11 Å². The molecule has 38 heavy (non-hydrogen) atoms. The summed E-state index contributed by atoms with van der Waals surface area (Å²) in [6, 6.07) is 0.911. The van der Waals surface area contributed by atoms with Crippen LogP contribution in [0.15, 0.2) is 21.9 Å². The number of phosphoric ester groups is 2. The Morgan fingerprint density at radius 3 is 2.11 bits per heavy atom. The second-order valence-corrected chi connectivity index (χ2v) is 10.5. The molecule has 1 aromatic rings. The van der Waals surface area contributed by atoms with Crippen LogP contribution >= 0.6 is 15.6 Å². The number of hydrogen-bond acceptors (Lipinski definition) is 17. The van der Waals surface area contributed by atoms with Gasteiger partial charge in [-0.2, -0.15) is 0 Å². The number of nitrogens with one attached hydrogen (secondary N) is 1. The summed E-state index contributed by atoms with van der Waals surface area (Å²) in [5.74, 6) is 0. The Hall–Kier alpha value is 0.620. The molecule has 0 spiro atoms. The van der Waals surface area contributed by atoms with Crippen molar-refractivity contribution in [2.45, 2.75) is 55.2 Å². The quantitative estimate of drug-likeness (QED) is 0.0769. The van der Waals surface area contributed by atoms with Gasteiger partial charge in [-0.05, 0) is 0 Å². The first-order valence-electron chi connectivity index (χ1n) is 9.96. The molecule has 3 heterocycles. The summed E-state index contributed by atoms with van der Waals surface area (Å²) in [4.78, 5) is 48.9. The second-order valence-electron chi connectivity index (χ2n) is 7.64. The molecule has 2 unspecified atom stereocenters. The molecule has 3 rings (SSSR count). The third-order valence-corrected chi connectivity index (χ3v) is 7.67. The number of aliphatic hydroxyl groups is 6. The standard InChI is InChI=1S/C15H24N2O17P2.2Na/c18-3-5-8(20)10(22)12(24)14(32-5)33-36(28,29)34-35(26,27)30-4-6-9(21)11(23)13(31-6)17-2-1-7(19)16-15(17)25;;/h1-2,5-6,8-14,18,20-24H,3-4H2,(H,26,27)(H,28,29)(H,16,19,25);;/q;2*+1/p-2/t5-,6-,8+,9-,10+,11-,12-,13-,14-;;/m1../s1/i3+1,5+1,8+1,10+1,12+1,14+1;;. The molecule has 11 atom stereocenters. The van der Waals surface area contributed by atoms with Crippen molar-refractivity contribution in [3.8, 4) is 0 Å². The maximum Gasteiger partial charge on any atom is 1.00 e. The van der Waals surface area contributed by atoms with E-state index in [1.807, 2.05) is 4.98 Å². The van der Waals surface area contributed by atoms with Gasteiger partial charge in [-0.1, -0.05) is 0 Å². The van der Waals surface area contributed by atoms with Gasteiger partial charge >= 0.3 is 64.8 Å². The molecule has 206 valence electrons. The molecule has 0 aromatic carbocycles. The van der Waals surface area contributed by atoms with Crippen LogP contribution < -0.4 is 80.2 Å². The molecular formula is C15H22N2Na2O17P2. The minimum absolute atomic E-state index is 0. The first-order valence-corrected chi connectivity index (χ1v) is 12.9. The van der Waals surface area contributed by atoms with Gasteiger partial charge in [0.2, 0.25) is 0 Å². The fraction of sp³-hybridized carbons (Fsp3) is 0.733. The fourth-order valence-corrected chi connectivity index (χ4v) is 5.42. The molecule has 2 aliphatic heterocycles. The van der Waals surface area contributed by atoms with Crippen molar-refractivity contribution >= 4 is 15.6 Å². The fourth-order valence-electron chi connectivity index (χ4n) is 3.34. The van der Waals surface area contributed by atoms with E-state index in [1.54, 1.807) is 0 Å². The van der Waals surface area contributed by atoms with Crippen LogP contribution in [-0.4, -0.2) is 102 Å². The topological polar surface area (TPSA) is 303 Å². The summed E-state index contributed by atoms with van der Waals surface area (Å²) in [6.07, 6.45) is -15.8. The average molecular weight is 616 g/mol. The van der Waals surface area contributed by atoms with E-state index in [2.05, 4.69) is 13.4 Å². The first-order chi connectivity index (χ1) is 16.7. The molecule has 7 N–H and O–H groups in total. The number of aliphatic hydroxyl groups excluding tert-OH is 6. The third kappa shape index (κ3) is 8.81. The Morgan fingerprint density at radius 1 is 0.921 bits per heavy atom. The molecule has 19 nitrogen and oxygen atoms in total. The van der Waals surface area contributed by atoms with Gasteiger partial charge in [0.25, 0.3) is 21.2 Å². The Bertz CT molecular complexity index is 1140. The summed E-state index contributed by atoms with van der Waals surface area (Å²) < 4.78 is 47.1. The molecule has 0 aliphatic carbocycles. The van der Waals surface area contributed by atoms with Crippen LogP contribution in [-0.2, 0) is 32.0 Å². The van der Waals surface area contributed by atoms with Crippen LogP contribution in [0.3, 0.4) is 0 Å². The number of rotatable bonds is 9. The van der Waals surface area contributed by atoms with E-state index in [1.165, 1.54) is 0 Å². The number of hydrogen-bond donors (Lipinski definition) is 7. The zero-order valence-electron chi connectivity index (χ0n) is 19.8. The van der Waals surface area contributed by atoms with E-state index in [4.69, 9.17) is 14.6 Å². The Labute approximate surface area is 256 Å².